The van der Waals surface area contributed by atoms with Gasteiger partial charge in [-0.05, 0) is 42.7 Å². The normalized spacial score (nSPS) is 12.2. The van der Waals surface area contributed by atoms with Gasteiger partial charge in [0.05, 0.1) is 11.0 Å². The van der Waals surface area contributed by atoms with Gasteiger partial charge in [0.25, 0.3) is 5.91 Å². The van der Waals surface area contributed by atoms with E-state index >= 15 is 0 Å². The molecule has 2 amide bonds. The summed E-state index contributed by atoms with van der Waals surface area (Å²) in [5, 5.41) is 6.38. The zero-order valence-electron chi connectivity index (χ0n) is 15.8. The highest BCUT2D eigenvalue weighted by atomic mass is 32.2. The smallest absolute Gasteiger partial charge is 0.287 e. The Morgan fingerprint density at radius 3 is 2.76 bits per heavy atom. The number of benzene rings is 2. The second kappa shape index (κ2) is 8.40. The first-order valence-corrected chi connectivity index (χ1v) is 10.6. The molecule has 2 aromatic carbocycles. The number of para-hydroxylation sites is 3. The molecule has 8 heteroatoms. The summed E-state index contributed by atoms with van der Waals surface area (Å²) in [7, 11) is 0. The fourth-order valence-corrected chi connectivity index (χ4v) is 3.51. The second-order valence-electron chi connectivity index (χ2n) is 6.55. The molecule has 0 aliphatic rings. The number of amides is 2. The van der Waals surface area contributed by atoms with Crippen molar-refractivity contribution in [1.82, 2.24) is 15.3 Å². The molecule has 0 fully saturated rings. The van der Waals surface area contributed by atoms with Crippen LogP contribution in [0.4, 0.5) is 5.95 Å². The van der Waals surface area contributed by atoms with E-state index in [9.17, 15) is 9.59 Å². The summed E-state index contributed by atoms with van der Waals surface area (Å²) in [6.07, 6.45) is 2.44. The maximum absolute atomic E-state index is 12.8. The first-order chi connectivity index (χ1) is 14.1. The molecule has 1 unspecified atom stereocenters. The molecule has 2 heterocycles. The first kappa shape index (κ1) is 19.1. The average molecular weight is 408 g/mol. The highest BCUT2D eigenvalue weighted by Crippen LogP contribution is 2.19. The predicted octanol–water partition coefficient (Wildman–Crippen LogP) is 3.80. The molecule has 0 spiro atoms. The molecule has 29 heavy (non-hydrogen) atoms. The molecule has 0 bridgehead atoms. The lowest BCUT2D eigenvalue weighted by atomic mass is 10.2. The van der Waals surface area contributed by atoms with Gasteiger partial charge < -0.3 is 14.7 Å². The van der Waals surface area contributed by atoms with Gasteiger partial charge in [-0.2, -0.15) is 11.8 Å². The summed E-state index contributed by atoms with van der Waals surface area (Å²) >= 11 is 1.61. The first-order valence-electron chi connectivity index (χ1n) is 9.18. The summed E-state index contributed by atoms with van der Waals surface area (Å²) in [6.45, 7) is 0. The lowest BCUT2D eigenvalue weighted by molar-refractivity contribution is -0.118. The standard InChI is InChI=1S/C21H20N4O3S/c1-29-11-10-16(19(26)25-21-23-14-7-3-4-8-15(14)24-21)22-20(27)18-12-13-6-2-5-9-17(13)28-18/h2-9,12,16H,10-11H2,1H3,(H,22,27)(H2,23,24,25,26). The van der Waals surface area contributed by atoms with Gasteiger partial charge in [0, 0.05) is 5.39 Å². The largest absolute Gasteiger partial charge is 0.451 e. The number of rotatable bonds is 7. The Morgan fingerprint density at radius 1 is 1.17 bits per heavy atom. The van der Waals surface area contributed by atoms with Gasteiger partial charge in [-0.3, -0.25) is 14.9 Å². The molecule has 0 aliphatic carbocycles. The Morgan fingerprint density at radius 2 is 1.97 bits per heavy atom. The number of H-pyrrole nitrogens is 1. The zero-order valence-corrected chi connectivity index (χ0v) is 16.6. The van der Waals surface area contributed by atoms with Crippen LogP contribution < -0.4 is 10.6 Å². The van der Waals surface area contributed by atoms with Crippen molar-refractivity contribution in [2.45, 2.75) is 12.5 Å². The van der Waals surface area contributed by atoms with Crippen LogP contribution in [0.25, 0.3) is 22.0 Å². The molecule has 3 N–H and O–H groups in total. The molecular formula is C21H20N4O3S. The lowest BCUT2D eigenvalue weighted by Gasteiger charge is -2.16. The minimum atomic E-state index is -0.712. The molecule has 0 saturated carbocycles. The summed E-state index contributed by atoms with van der Waals surface area (Å²) < 4.78 is 5.61. The minimum Gasteiger partial charge on any atom is -0.451 e. The van der Waals surface area contributed by atoms with Gasteiger partial charge in [-0.25, -0.2) is 4.98 Å². The number of carbonyl (C=O) groups excluding carboxylic acids is 2. The summed E-state index contributed by atoms with van der Waals surface area (Å²) in [6, 6.07) is 15.9. The van der Waals surface area contributed by atoms with Crippen LogP contribution in [0.5, 0.6) is 0 Å². The number of anilines is 1. The highest BCUT2D eigenvalue weighted by Gasteiger charge is 2.24. The van der Waals surface area contributed by atoms with Gasteiger partial charge in [0.2, 0.25) is 11.9 Å². The van der Waals surface area contributed by atoms with Crippen molar-refractivity contribution < 1.29 is 14.0 Å². The van der Waals surface area contributed by atoms with E-state index in [1.54, 1.807) is 23.9 Å². The van der Waals surface area contributed by atoms with E-state index in [1.807, 2.05) is 48.7 Å². The Hall–Kier alpha value is -3.26. The van der Waals surface area contributed by atoms with Crippen LogP contribution in [0.2, 0.25) is 0 Å². The maximum Gasteiger partial charge on any atom is 0.287 e. The number of aromatic amines is 1. The zero-order chi connectivity index (χ0) is 20.2. The van der Waals surface area contributed by atoms with E-state index in [1.165, 1.54) is 0 Å². The molecule has 1 atom stereocenters. The second-order valence-corrected chi connectivity index (χ2v) is 7.53. The van der Waals surface area contributed by atoms with Crippen molar-refractivity contribution in [2.24, 2.45) is 0 Å². The highest BCUT2D eigenvalue weighted by molar-refractivity contribution is 7.98. The van der Waals surface area contributed by atoms with Crippen LogP contribution in [0, 0.1) is 0 Å². The van der Waals surface area contributed by atoms with E-state index in [-0.39, 0.29) is 11.7 Å². The Bertz CT molecular complexity index is 1100. The molecule has 7 nitrogen and oxygen atoms in total. The van der Waals surface area contributed by atoms with Gasteiger partial charge in [0.15, 0.2) is 5.76 Å². The third kappa shape index (κ3) is 4.27. The predicted molar refractivity (Wildman–Crippen MR) is 115 cm³/mol. The van der Waals surface area contributed by atoms with Crippen molar-refractivity contribution in [2.75, 3.05) is 17.3 Å². The number of thioether (sulfide) groups is 1. The van der Waals surface area contributed by atoms with Crippen LogP contribution >= 0.6 is 11.8 Å². The molecule has 0 radical (unpaired) electrons. The van der Waals surface area contributed by atoms with Crippen molar-refractivity contribution in [3.05, 3.63) is 60.4 Å². The molecule has 4 rings (SSSR count). The van der Waals surface area contributed by atoms with E-state index < -0.39 is 11.9 Å². The monoisotopic (exact) mass is 408 g/mol. The number of imidazole rings is 1. The van der Waals surface area contributed by atoms with Crippen LogP contribution in [0.1, 0.15) is 17.0 Å². The quantitative estimate of drug-likeness (QED) is 0.432. The summed E-state index contributed by atoms with van der Waals surface area (Å²) in [5.41, 5.74) is 2.22. The van der Waals surface area contributed by atoms with Crippen molar-refractivity contribution >= 4 is 51.5 Å². The molecule has 0 aliphatic heterocycles. The number of nitrogens with one attached hydrogen (secondary N) is 3. The Labute approximate surface area is 171 Å². The third-order valence-electron chi connectivity index (χ3n) is 4.51. The fraction of sp³-hybridized carbons (Fsp3) is 0.190. The Kier molecular flexibility index (Phi) is 5.53. The third-order valence-corrected chi connectivity index (χ3v) is 5.16. The average Bonchev–Trinajstić information content (AvgIpc) is 3.34. The number of nitrogens with zero attached hydrogens (tertiary/aromatic N) is 1. The van der Waals surface area contributed by atoms with Crippen LogP contribution in [-0.2, 0) is 4.79 Å². The van der Waals surface area contributed by atoms with E-state index in [0.29, 0.717) is 18.0 Å². The number of fused-ring (bicyclic) bond motifs is 2. The van der Waals surface area contributed by atoms with Gasteiger partial charge in [-0.1, -0.05) is 30.3 Å². The molecule has 148 valence electrons. The Balaban J connectivity index is 1.49. The van der Waals surface area contributed by atoms with Crippen molar-refractivity contribution in [3.63, 3.8) is 0 Å². The van der Waals surface area contributed by atoms with Gasteiger partial charge >= 0.3 is 0 Å². The molecular weight excluding hydrogens is 388 g/mol. The topological polar surface area (TPSA) is 100 Å². The number of furan rings is 1. The van der Waals surface area contributed by atoms with E-state index in [4.69, 9.17) is 4.42 Å². The summed E-state index contributed by atoms with van der Waals surface area (Å²) in [4.78, 5) is 32.9. The van der Waals surface area contributed by atoms with Gasteiger partial charge in [0.1, 0.15) is 11.6 Å². The summed E-state index contributed by atoms with van der Waals surface area (Å²) in [5.74, 6) is 0.494. The molecule has 4 aromatic rings. The number of hydrogen-bond acceptors (Lipinski definition) is 5. The van der Waals surface area contributed by atoms with Crippen molar-refractivity contribution in [3.8, 4) is 0 Å². The lowest BCUT2D eigenvalue weighted by Crippen LogP contribution is -2.44. The molecule has 2 aromatic heterocycles. The molecule has 0 saturated heterocycles. The fourth-order valence-electron chi connectivity index (χ4n) is 3.04. The van der Waals surface area contributed by atoms with Crippen LogP contribution in [0.15, 0.2) is 59.0 Å². The van der Waals surface area contributed by atoms with E-state index in [2.05, 4.69) is 20.6 Å². The van der Waals surface area contributed by atoms with Crippen molar-refractivity contribution in [1.29, 1.82) is 0 Å². The van der Waals surface area contributed by atoms with E-state index in [0.717, 1.165) is 22.2 Å². The van der Waals surface area contributed by atoms with Gasteiger partial charge in [-0.15, -0.1) is 0 Å². The minimum absolute atomic E-state index is 0.178. The number of carbonyl (C=O) groups is 2. The van der Waals surface area contributed by atoms with Crippen LogP contribution in [-0.4, -0.2) is 39.8 Å². The number of aromatic nitrogens is 2. The number of hydrogen-bond donors (Lipinski definition) is 3. The van der Waals surface area contributed by atoms with Crippen LogP contribution in [0.3, 0.4) is 0 Å². The SMILES string of the molecule is CSCCC(NC(=O)c1cc2ccccc2o1)C(=O)Nc1nc2ccccc2[nH]1. The maximum atomic E-state index is 12.8.